The van der Waals surface area contributed by atoms with Gasteiger partial charge in [-0.2, -0.15) is 0 Å². The Hall–Kier alpha value is -0.960. The smallest absolute Gasteiger partial charge is 0.252 e. The minimum atomic E-state index is 0.0225. The van der Waals surface area contributed by atoms with E-state index in [0.717, 1.165) is 16.9 Å². The molecule has 0 saturated heterocycles. The Balaban J connectivity index is 2.81. The molecule has 1 atom stereocenters. The SMILES string of the molecule is CC[C@@H](C)NC(=O)c1ccccc1SC. The van der Waals surface area contributed by atoms with Gasteiger partial charge in [-0.1, -0.05) is 19.1 Å². The van der Waals surface area contributed by atoms with Crippen molar-refractivity contribution in [1.29, 1.82) is 0 Å². The highest BCUT2D eigenvalue weighted by Crippen LogP contribution is 2.19. The predicted octanol–water partition coefficient (Wildman–Crippen LogP) is 2.94. The van der Waals surface area contributed by atoms with Gasteiger partial charge in [0.1, 0.15) is 0 Å². The fraction of sp³-hybridized carbons (Fsp3) is 0.417. The zero-order chi connectivity index (χ0) is 11.3. The van der Waals surface area contributed by atoms with Crippen LogP contribution < -0.4 is 5.32 Å². The zero-order valence-electron chi connectivity index (χ0n) is 9.41. The quantitative estimate of drug-likeness (QED) is 0.795. The highest BCUT2D eigenvalue weighted by atomic mass is 32.2. The molecule has 1 N–H and O–H groups in total. The van der Waals surface area contributed by atoms with Crippen molar-refractivity contribution in [1.82, 2.24) is 5.32 Å². The average Bonchev–Trinajstić information content (AvgIpc) is 2.28. The first-order valence-corrected chi connectivity index (χ1v) is 6.35. The van der Waals surface area contributed by atoms with Crippen molar-refractivity contribution in [3.63, 3.8) is 0 Å². The molecule has 0 fully saturated rings. The van der Waals surface area contributed by atoms with E-state index in [2.05, 4.69) is 12.2 Å². The highest BCUT2D eigenvalue weighted by molar-refractivity contribution is 7.98. The van der Waals surface area contributed by atoms with Crippen molar-refractivity contribution >= 4 is 17.7 Å². The first-order valence-electron chi connectivity index (χ1n) is 5.13. The lowest BCUT2D eigenvalue weighted by Crippen LogP contribution is -2.32. The van der Waals surface area contributed by atoms with Crippen LogP contribution in [0.4, 0.5) is 0 Å². The summed E-state index contributed by atoms with van der Waals surface area (Å²) in [6.07, 6.45) is 2.93. The van der Waals surface area contributed by atoms with Crippen LogP contribution in [0.25, 0.3) is 0 Å². The average molecular weight is 223 g/mol. The van der Waals surface area contributed by atoms with E-state index in [4.69, 9.17) is 0 Å². The lowest BCUT2D eigenvalue weighted by molar-refractivity contribution is 0.0936. The summed E-state index contributed by atoms with van der Waals surface area (Å²) in [5, 5.41) is 2.97. The van der Waals surface area contributed by atoms with Crippen molar-refractivity contribution in [2.75, 3.05) is 6.26 Å². The van der Waals surface area contributed by atoms with Crippen LogP contribution in [0.5, 0.6) is 0 Å². The van der Waals surface area contributed by atoms with Crippen LogP contribution in [0.3, 0.4) is 0 Å². The number of carbonyl (C=O) groups excluding carboxylic acids is 1. The third-order valence-electron chi connectivity index (χ3n) is 2.34. The molecule has 0 aliphatic rings. The molecule has 0 aromatic heterocycles. The van der Waals surface area contributed by atoms with Gasteiger partial charge in [0.2, 0.25) is 0 Å². The number of amides is 1. The van der Waals surface area contributed by atoms with Crippen LogP contribution in [0, 0.1) is 0 Å². The molecule has 1 aromatic carbocycles. The van der Waals surface area contributed by atoms with E-state index in [9.17, 15) is 4.79 Å². The Morgan fingerprint density at radius 3 is 2.73 bits per heavy atom. The molecule has 1 amide bonds. The Morgan fingerprint density at radius 2 is 2.13 bits per heavy atom. The largest absolute Gasteiger partial charge is 0.350 e. The molecule has 0 bridgehead atoms. The van der Waals surface area contributed by atoms with Crippen LogP contribution in [0.1, 0.15) is 30.6 Å². The lowest BCUT2D eigenvalue weighted by atomic mass is 10.2. The van der Waals surface area contributed by atoms with Gasteiger partial charge in [-0.25, -0.2) is 0 Å². The Morgan fingerprint density at radius 1 is 1.47 bits per heavy atom. The number of carbonyl (C=O) groups is 1. The molecule has 0 radical (unpaired) electrons. The van der Waals surface area contributed by atoms with Gasteiger partial charge < -0.3 is 5.32 Å². The number of hydrogen-bond donors (Lipinski definition) is 1. The Kier molecular flexibility index (Phi) is 4.69. The van der Waals surface area contributed by atoms with Crippen molar-refractivity contribution in [3.05, 3.63) is 29.8 Å². The third kappa shape index (κ3) is 3.27. The van der Waals surface area contributed by atoms with Crippen molar-refractivity contribution < 1.29 is 4.79 Å². The molecule has 3 heteroatoms. The molecule has 15 heavy (non-hydrogen) atoms. The molecule has 1 aromatic rings. The maximum Gasteiger partial charge on any atom is 0.252 e. The second-order valence-electron chi connectivity index (χ2n) is 3.48. The number of hydrogen-bond acceptors (Lipinski definition) is 2. The minimum absolute atomic E-state index is 0.0225. The van der Waals surface area contributed by atoms with E-state index in [1.807, 2.05) is 37.4 Å². The first-order chi connectivity index (χ1) is 7.19. The van der Waals surface area contributed by atoms with Crippen molar-refractivity contribution in [2.24, 2.45) is 0 Å². The highest BCUT2D eigenvalue weighted by Gasteiger charge is 2.11. The molecular weight excluding hydrogens is 206 g/mol. The fourth-order valence-electron chi connectivity index (χ4n) is 1.24. The normalized spacial score (nSPS) is 12.2. The maximum absolute atomic E-state index is 11.9. The summed E-state index contributed by atoms with van der Waals surface area (Å²) >= 11 is 1.60. The second-order valence-corrected chi connectivity index (χ2v) is 4.33. The van der Waals surface area contributed by atoms with Gasteiger partial charge in [0.05, 0.1) is 5.56 Å². The molecule has 2 nitrogen and oxygen atoms in total. The fourth-order valence-corrected chi connectivity index (χ4v) is 1.83. The summed E-state index contributed by atoms with van der Waals surface area (Å²) in [4.78, 5) is 12.9. The van der Waals surface area contributed by atoms with E-state index in [1.165, 1.54) is 0 Å². The van der Waals surface area contributed by atoms with Gasteiger partial charge in [-0.3, -0.25) is 4.79 Å². The Bertz CT molecular complexity index is 338. The van der Waals surface area contributed by atoms with Crippen molar-refractivity contribution in [2.45, 2.75) is 31.2 Å². The predicted molar refractivity (Wildman–Crippen MR) is 65.4 cm³/mol. The summed E-state index contributed by atoms with van der Waals surface area (Å²) in [7, 11) is 0. The molecule has 0 aliphatic carbocycles. The number of rotatable bonds is 4. The summed E-state index contributed by atoms with van der Waals surface area (Å²) < 4.78 is 0. The van der Waals surface area contributed by atoms with Gasteiger partial charge in [-0.05, 0) is 31.7 Å². The number of thioether (sulfide) groups is 1. The summed E-state index contributed by atoms with van der Waals surface area (Å²) in [5.41, 5.74) is 0.769. The van der Waals surface area contributed by atoms with Gasteiger partial charge in [-0.15, -0.1) is 11.8 Å². The number of nitrogens with one attached hydrogen (secondary N) is 1. The Labute approximate surface area is 95.5 Å². The molecule has 82 valence electrons. The molecule has 0 spiro atoms. The van der Waals surface area contributed by atoms with Gasteiger partial charge in [0.15, 0.2) is 0 Å². The van der Waals surface area contributed by atoms with E-state index >= 15 is 0 Å². The summed E-state index contributed by atoms with van der Waals surface area (Å²) in [5.74, 6) is 0.0225. The topological polar surface area (TPSA) is 29.1 Å². The molecule has 0 unspecified atom stereocenters. The summed E-state index contributed by atoms with van der Waals surface area (Å²) in [6, 6.07) is 7.91. The first kappa shape index (κ1) is 12.1. The minimum Gasteiger partial charge on any atom is -0.350 e. The number of benzene rings is 1. The monoisotopic (exact) mass is 223 g/mol. The van der Waals surface area contributed by atoms with Crippen LogP contribution in [-0.2, 0) is 0 Å². The molecule has 1 rings (SSSR count). The lowest BCUT2D eigenvalue weighted by Gasteiger charge is -2.12. The van der Waals surface area contributed by atoms with Gasteiger partial charge in [0, 0.05) is 10.9 Å². The van der Waals surface area contributed by atoms with Crippen molar-refractivity contribution in [3.8, 4) is 0 Å². The van der Waals surface area contributed by atoms with Gasteiger partial charge in [0.25, 0.3) is 5.91 Å². The van der Waals surface area contributed by atoms with E-state index in [0.29, 0.717) is 0 Å². The van der Waals surface area contributed by atoms with Gasteiger partial charge >= 0.3 is 0 Å². The van der Waals surface area contributed by atoms with E-state index < -0.39 is 0 Å². The van der Waals surface area contributed by atoms with Crippen LogP contribution in [0.2, 0.25) is 0 Å². The molecule has 0 aliphatic heterocycles. The molecular formula is C12H17NOS. The van der Waals surface area contributed by atoms with E-state index in [1.54, 1.807) is 11.8 Å². The summed E-state index contributed by atoms with van der Waals surface area (Å²) in [6.45, 7) is 4.07. The maximum atomic E-state index is 11.9. The van der Waals surface area contributed by atoms with Crippen LogP contribution in [-0.4, -0.2) is 18.2 Å². The molecule has 0 saturated carbocycles. The standard InChI is InChI=1S/C12H17NOS/c1-4-9(2)13-12(14)10-7-5-6-8-11(10)15-3/h5-9H,4H2,1-3H3,(H,13,14)/t9-/m1/s1. The second kappa shape index (κ2) is 5.81. The zero-order valence-corrected chi connectivity index (χ0v) is 10.2. The van der Waals surface area contributed by atoms with Crippen LogP contribution >= 0.6 is 11.8 Å². The van der Waals surface area contributed by atoms with E-state index in [-0.39, 0.29) is 11.9 Å². The molecule has 0 heterocycles. The van der Waals surface area contributed by atoms with Crippen LogP contribution in [0.15, 0.2) is 29.2 Å². The third-order valence-corrected chi connectivity index (χ3v) is 3.14.